The average molecular weight is 286 g/mol. The fourth-order valence-electron chi connectivity index (χ4n) is 1.26. The molecule has 0 bridgehead atoms. The molecule has 4 nitrogen and oxygen atoms in total. The quantitative estimate of drug-likeness (QED) is 0.938. The number of hydrogen-bond donors (Lipinski definition) is 1. The Balaban J connectivity index is 2.39. The number of aromatic nitrogens is 2. The molecule has 0 atom stereocenters. The van der Waals surface area contributed by atoms with Crippen molar-refractivity contribution in [2.24, 2.45) is 5.73 Å². The first-order valence-electron chi connectivity index (χ1n) is 4.69. The van der Waals surface area contributed by atoms with E-state index in [4.69, 9.17) is 10.3 Å². The highest BCUT2D eigenvalue weighted by atomic mass is 79.9. The fraction of sp³-hybridized carbons (Fsp3) is 0.200. The zero-order valence-electron chi connectivity index (χ0n) is 8.28. The van der Waals surface area contributed by atoms with Gasteiger partial charge in [0.05, 0.1) is 10.0 Å². The predicted molar refractivity (Wildman–Crippen MR) is 60.2 cm³/mol. The van der Waals surface area contributed by atoms with Crippen LogP contribution in [-0.4, -0.2) is 16.7 Å². The topological polar surface area (TPSA) is 64.9 Å². The molecular formula is C10H9BrFN3O. The van der Waals surface area contributed by atoms with Crippen LogP contribution in [0, 0.1) is 5.82 Å². The van der Waals surface area contributed by atoms with Crippen molar-refractivity contribution in [3.8, 4) is 11.5 Å². The molecule has 2 aromatic rings. The van der Waals surface area contributed by atoms with E-state index in [0.29, 0.717) is 28.8 Å². The van der Waals surface area contributed by atoms with Gasteiger partial charge in [-0.05, 0) is 34.6 Å². The molecule has 1 aromatic heterocycles. The molecule has 0 amide bonds. The third-order valence-electron chi connectivity index (χ3n) is 2.02. The molecule has 0 aliphatic rings. The van der Waals surface area contributed by atoms with E-state index in [9.17, 15) is 4.39 Å². The molecule has 0 spiro atoms. The van der Waals surface area contributed by atoms with Crippen LogP contribution in [0.1, 0.15) is 5.82 Å². The monoisotopic (exact) mass is 285 g/mol. The summed E-state index contributed by atoms with van der Waals surface area (Å²) in [6.45, 7) is 0.448. The zero-order chi connectivity index (χ0) is 11.5. The van der Waals surface area contributed by atoms with Crippen LogP contribution in [0.25, 0.3) is 11.5 Å². The Morgan fingerprint density at radius 3 is 3.00 bits per heavy atom. The maximum Gasteiger partial charge on any atom is 0.259 e. The number of hydrogen-bond acceptors (Lipinski definition) is 4. The van der Waals surface area contributed by atoms with E-state index < -0.39 is 0 Å². The minimum absolute atomic E-state index is 0.287. The van der Waals surface area contributed by atoms with Crippen LogP contribution in [0.4, 0.5) is 4.39 Å². The van der Waals surface area contributed by atoms with E-state index in [2.05, 4.69) is 26.1 Å². The highest BCUT2D eigenvalue weighted by molar-refractivity contribution is 9.10. The van der Waals surface area contributed by atoms with Crippen molar-refractivity contribution >= 4 is 15.9 Å². The minimum Gasteiger partial charge on any atom is -0.334 e. The van der Waals surface area contributed by atoms with Crippen LogP contribution in [0.15, 0.2) is 27.2 Å². The number of nitrogens with zero attached hydrogens (tertiary/aromatic N) is 2. The molecule has 0 fully saturated rings. The number of nitrogens with two attached hydrogens (primary N) is 1. The lowest BCUT2D eigenvalue weighted by Gasteiger charge is -1.98. The van der Waals surface area contributed by atoms with Crippen molar-refractivity contribution in [1.82, 2.24) is 10.1 Å². The van der Waals surface area contributed by atoms with Gasteiger partial charge in [-0.15, -0.1) is 0 Å². The third-order valence-corrected chi connectivity index (χ3v) is 2.82. The van der Waals surface area contributed by atoms with Crippen molar-refractivity contribution in [3.05, 3.63) is 34.3 Å². The summed E-state index contributed by atoms with van der Waals surface area (Å²) in [6.07, 6.45) is 0.538. The first-order chi connectivity index (χ1) is 7.72. The summed E-state index contributed by atoms with van der Waals surface area (Å²) >= 11 is 3.14. The van der Waals surface area contributed by atoms with Crippen molar-refractivity contribution in [3.63, 3.8) is 0 Å². The van der Waals surface area contributed by atoms with Crippen LogP contribution < -0.4 is 5.73 Å². The van der Waals surface area contributed by atoms with Crippen LogP contribution in [0.2, 0.25) is 0 Å². The Hall–Kier alpha value is -1.27. The van der Waals surface area contributed by atoms with E-state index in [1.54, 1.807) is 12.1 Å². The molecule has 1 heterocycles. The summed E-state index contributed by atoms with van der Waals surface area (Å²) in [5, 5.41) is 3.74. The van der Waals surface area contributed by atoms with Crippen LogP contribution in [0.3, 0.4) is 0 Å². The lowest BCUT2D eigenvalue weighted by atomic mass is 10.2. The Kier molecular flexibility index (Phi) is 3.31. The maximum absolute atomic E-state index is 13.3. The summed E-state index contributed by atoms with van der Waals surface area (Å²) in [7, 11) is 0. The first kappa shape index (κ1) is 11.2. The predicted octanol–water partition coefficient (Wildman–Crippen LogP) is 2.14. The van der Waals surface area contributed by atoms with Gasteiger partial charge in [-0.2, -0.15) is 4.98 Å². The van der Waals surface area contributed by atoms with Gasteiger partial charge in [-0.1, -0.05) is 11.2 Å². The summed E-state index contributed by atoms with van der Waals surface area (Å²) in [6, 6.07) is 4.64. The van der Waals surface area contributed by atoms with Gasteiger partial charge in [0.1, 0.15) is 5.82 Å². The van der Waals surface area contributed by atoms with E-state index in [1.807, 2.05) is 0 Å². The molecule has 2 rings (SSSR count). The highest BCUT2D eigenvalue weighted by Crippen LogP contribution is 2.28. The molecule has 6 heteroatoms. The van der Waals surface area contributed by atoms with Crippen LogP contribution in [-0.2, 0) is 6.42 Å². The number of rotatable bonds is 3. The summed E-state index contributed by atoms with van der Waals surface area (Å²) in [5.41, 5.74) is 5.91. The Morgan fingerprint density at radius 2 is 2.25 bits per heavy atom. The van der Waals surface area contributed by atoms with E-state index in [-0.39, 0.29) is 11.7 Å². The van der Waals surface area contributed by atoms with E-state index >= 15 is 0 Å². The van der Waals surface area contributed by atoms with Crippen molar-refractivity contribution in [2.75, 3.05) is 6.54 Å². The molecule has 0 unspecified atom stereocenters. The van der Waals surface area contributed by atoms with Gasteiger partial charge in [0, 0.05) is 6.42 Å². The lowest BCUT2D eigenvalue weighted by molar-refractivity contribution is 0.422. The molecule has 2 N–H and O–H groups in total. The second-order valence-electron chi connectivity index (χ2n) is 3.16. The second kappa shape index (κ2) is 4.71. The molecular weight excluding hydrogens is 277 g/mol. The van der Waals surface area contributed by atoms with E-state index in [0.717, 1.165) is 0 Å². The Labute approximate surface area is 99.8 Å². The summed E-state index contributed by atoms with van der Waals surface area (Å²) in [5.74, 6) is 0.444. The second-order valence-corrected chi connectivity index (χ2v) is 3.95. The third kappa shape index (κ3) is 2.12. The molecule has 0 saturated heterocycles. The standard InChI is InChI=1S/C10H9BrFN3O/c11-9-6(2-1-3-7(9)12)10-14-8(4-5-13)15-16-10/h1-3H,4-5,13H2. The van der Waals surface area contributed by atoms with Gasteiger partial charge in [-0.3, -0.25) is 0 Å². The molecule has 84 valence electrons. The minimum atomic E-state index is -0.365. The van der Waals surface area contributed by atoms with Gasteiger partial charge in [0.15, 0.2) is 5.82 Å². The number of benzene rings is 1. The van der Waals surface area contributed by atoms with Crippen molar-refractivity contribution in [1.29, 1.82) is 0 Å². The van der Waals surface area contributed by atoms with Gasteiger partial charge in [0.2, 0.25) is 0 Å². The van der Waals surface area contributed by atoms with Gasteiger partial charge < -0.3 is 10.3 Å². The van der Waals surface area contributed by atoms with Crippen LogP contribution >= 0.6 is 15.9 Å². The molecule has 0 saturated carbocycles. The Bertz CT molecular complexity index is 501. The molecule has 0 aliphatic heterocycles. The van der Waals surface area contributed by atoms with Gasteiger partial charge >= 0.3 is 0 Å². The first-order valence-corrected chi connectivity index (χ1v) is 5.48. The smallest absolute Gasteiger partial charge is 0.259 e. The largest absolute Gasteiger partial charge is 0.334 e. The van der Waals surface area contributed by atoms with Crippen molar-refractivity contribution < 1.29 is 8.91 Å². The zero-order valence-corrected chi connectivity index (χ0v) is 9.87. The van der Waals surface area contributed by atoms with Gasteiger partial charge in [0.25, 0.3) is 5.89 Å². The van der Waals surface area contributed by atoms with Crippen molar-refractivity contribution in [2.45, 2.75) is 6.42 Å². The normalized spacial score (nSPS) is 10.7. The van der Waals surface area contributed by atoms with E-state index in [1.165, 1.54) is 6.07 Å². The molecule has 0 aliphatic carbocycles. The molecule has 16 heavy (non-hydrogen) atoms. The SMILES string of the molecule is NCCc1noc(-c2cccc(F)c2Br)n1. The fourth-order valence-corrected chi connectivity index (χ4v) is 1.70. The summed E-state index contributed by atoms with van der Waals surface area (Å²) < 4.78 is 18.6. The summed E-state index contributed by atoms with van der Waals surface area (Å²) in [4.78, 5) is 4.12. The number of halogens is 2. The maximum atomic E-state index is 13.3. The molecule has 0 radical (unpaired) electrons. The Morgan fingerprint density at radius 1 is 1.44 bits per heavy atom. The molecule has 1 aromatic carbocycles. The lowest BCUT2D eigenvalue weighted by Crippen LogP contribution is -2.03. The average Bonchev–Trinajstić information content (AvgIpc) is 2.71. The van der Waals surface area contributed by atoms with Gasteiger partial charge in [-0.25, -0.2) is 4.39 Å². The highest BCUT2D eigenvalue weighted by Gasteiger charge is 2.13. The van der Waals surface area contributed by atoms with Crippen LogP contribution in [0.5, 0.6) is 0 Å².